The molecule has 0 unspecified atom stereocenters. The molecule has 0 aromatic heterocycles. The number of allylic oxidation sites excluding steroid dienone is 1. The molecular formula is C16H13FO3. The first kappa shape index (κ1) is 12.5. The molecule has 1 aliphatic heterocycles. The second-order valence-electron chi connectivity index (χ2n) is 4.74. The van der Waals surface area contributed by atoms with Crippen molar-refractivity contribution in [2.24, 2.45) is 0 Å². The van der Waals surface area contributed by atoms with Crippen LogP contribution in [0.1, 0.15) is 18.1 Å². The predicted molar refractivity (Wildman–Crippen MR) is 74.2 cm³/mol. The maximum Gasteiger partial charge on any atom is 0.168 e. The van der Waals surface area contributed by atoms with E-state index in [1.165, 1.54) is 12.1 Å². The lowest BCUT2D eigenvalue weighted by molar-refractivity contribution is 0.357. The van der Waals surface area contributed by atoms with Gasteiger partial charge in [-0.2, -0.15) is 0 Å². The standard InChI is InChI=1S/C16H13FO3/c1-9-12-6-15(19)14(17)7-16(12)20-8-13(9)10-3-2-4-11(18)5-10/h2-7,18-19H,8H2,1H3. The minimum Gasteiger partial charge on any atom is -0.508 e. The molecular weight excluding hydrogens is 259 g/mol. The lowest BCUT2D eigenvalue weighted by atomic mass is 9.93. The summed E-state index contributed by atoms with van der Waals surface area (Å²) >= 11 is 0. The summed E-state index contributed by atoms with van der Waals surface area (Å²) < 4.78 is 18.9. The van der Waals surface area contributed by atoms with Gasteiger partial charge in [-0.15, -0.1) is 0 Å². The van der Waals surface area contributed by atoms with Gasteiger partial charge in [-0.05, 0) is 36.3 Å². The predicted octanol–water partition coefficient (Wildman–Crippen LogP) is 3.56. The first-order valence-electron chi connectivity index (χ1n) is 6.21. The van der Waals surface area contributed by atoms with E-state index in [9.17, 15) is 14.6 Å². The van der Waals surface area contributed by atoms with E-state index in [0.717, 1.165) is 16.7 Å². The van der Waals surface area contributed by atoms with Crippen molar-refractivity contribution in [3.63, 3.8) is 0 Å². The molecule has 2 aromatic carbocycles. The van der Waals surface area contributed by atoms with Crippen molar-refractivity contribution in [2.75, 3.05) is 6.61 Å². The van der Waals surface area contributed by atoms with Crippen molar-refractivity contribution in [2.45, 2.75) is 6.92 Å². The Kier molecular flexibility index (Phi) is 2.86. The van der Waals surface area contributed by atoms with Gasteiger partial charge in [0.2, 0.25) is 0 Å². The van der Waals surface area contributed by atoms with Gasteiger partial charge in [0.1, 0.15) is 18.1 Å². The first-order valence-corrected chi connectivity index (χ1v) is 6.21. The molecule has 0 aliphatic carbocycles. The fourth-order valence-electron chi connectivity index (χ4n) is 2.37. The van der Waals surface area contributed by atoms with Gasteiger partial charge in [-0.3, -0.25) is 0 Å². The van der Waals surface area contributed by atoms with Gasteiger partial charge < -0.3 is 14.9 Å². The number of fused-ring (bicyclic) bond motifs is 1. The lowest BCUT2D eigenvalue weighted by Gasteiger charge is -2.23. The number of hydrogen-bond acceptors (Lipinski definition) is 3. The summed E-state index contributed by atoms with van der Waals surface area (Å²) in [5.41, 5.74) is 3.30. The molecule has 1 aliphatic rings. The molecule has 2 N–H and O–H groups in total. The van der Waals surface area contributed by atoms with Crippen LogP contribution in [0.5, 0.6) is 17.2 Å². The molecule has 0 saturated heterocycles. The highest BCUT2D eigenvalue weighted by Crippen LogP contribution is 2.39. The minimum absolute atomic E-state index is 0.176. The Bertz CT molecular complexity index is 720. The van der Waals surface area contributed by atoms with Crippen molar-refractivity contribution in [1.82, 2.24) is 0 Å². The molecule has 0 saturated carbocycles. The fourth-order valence-corrected chi connectivity index (χ4v) is 2.37. The summed E-state index contributed by atoms with van der Waals surface area (Å²) in [5, 5.41) is 19.1. The van der Waals surface area contributed by atoms with Crippen LogP contribution in [0.4, 0.5) is 4.39 Å². The van der Waals surface area contributed by atoms with E-state index in [-0.39, 0.29) is 5.75 Å². The molecule has 0 bridgehead atoms. The van der Waals surface area contributed by atoms with E-state index in [1.807, 2.05) is 13.0 Å². The largest absolute Gasteiger partial charge is 0.508 e. The number of aromatic hydroxyl groups is 2. The fraction of sp³-hybridized carbons (Fsp3) is 0.125. The van der Waals surface area contributed by atoms with Crippen molar-refractivity contribution >= 4 is 11.1 Å². The van der Waals surface area contributed by atoms with Gasteiger partial charge in [-0.1, -0.05) is 12.1 Å². The number of halogens is 1. The highest BCUT2D eigenvalue weighted by atomic mass is 19.1. The zero-order valence-electron chi connectivity index (χ0n) is 10.9. The topological polar surface area (TPSA) is 49.7 Å². The van der Waals surface area contributed by atoms with E-state index in [0.29, 0.717) is 17.9 Å². The molecule has 3 rings (SSSR count). The second-order valence-corrected chi connectivity index (χ2v) is 4.74. The lowest BCUT2D eigenvalue weighted by Crippen LogP contribution is -2.10. The third-order valence-corrected chi connectivity index (χ3v) is 3.47. The Balaban J connectivity index is 2.16. The molecule has 0 atom stereocenters. The van der Waals surface area contributed by atoms with Crippen LogP contribution < -0.4 is 4.74 Å². The highest BCUT2D eigenvalue weighted by Gasteiger charge is 2.20. The SMILES string of the molecule is CC1=C(c2cccc(O)c2)COc2cc(F)c(O)cc21. The van der Waals surface area contributed by atoms with Gasteiger partial charge >= 0.3 is 0 Å². The quantitative estimate of drug-likeness (QED) is 0.834. The second kappa shape index (κ2) is 4.56. The first-order chi connectivity index (χ1) is 9.56. The van der Waals surface area contributed by atoms with Gasteiger partial charge in [0.15, 0.2) is 11.6 Å². The minimum atomic E-state index is -0.697. The Morgan fingerprint density at radius 3 is 2.70 bits per heavy atom. The van der Waals surface area contributed by atoms with E-state index >= 15 is 0 Å². The molecule has 3 nitrogen and oxygen atoms in total. The molecule has 102 valence electrons. The number of benzene rings is 2. The number of hydrogen-bond donors (Lipinski definition) is 2. The normalized spacial score (nSPS) is 13.9. The maximum atomic E-state index is 13.3. The van der Waals surface area contributed by atoms with Crippen LogP contribution in [-0.2, 0) is 0 Å². The van der Waals surface area contributed by atoms with E-state index in [4.69, 9.17) is 4.74 Å². The summed E-state index contributed by atoms with van der Waals surface area (Å²) in [7, 11) is 0. The highest BCUT2D eigenvalue weighted by molar-refractivity contribution is 5.94. The van der Waals surface area contributed by atoms with Gasteiger partial charge in [0, 0.05) is 17.2 Å². The van der Waals surface area contributed by atoms with Crippen LogP contribution in [0, 0.1) is 5.82 Å². The van der Waals surface area contributed by atoms with Crippen LogP contribution in [0.2, 0.25) is 0 Å². The summed E-state index contributed by atoms with van der Waals surface area (Å²) in [5.74, 6) is -0.501. The van der Waals surface area contributed by atoms with Crippen molar-refractivity contribution in [1.29, 1.82) is 0 Å². The zero-order valence-corrected chi connectivity index (χ0v) is 10.9. The van der Waals surface area contributed by atoms with Crippen LogP contribution >= 0.6 is 0 Å². The Morgan fingerprint density at radius 2 is 1.95 bits per heavy atom. The van der Waals surface area contributed by atoms with Crippen LogP contribution in [-0.4, -0.2) is 16.8 Å². The van der Waals surface area contributed by atoms with Gasteiger partial charge in [0.05, 0.1) is 0 Å². The summed E-state index contributed by atoms with van der Waals surface area (Å²) in [6, 6.07) is 9.42. The van der Waals surface area contributed by atoms with E-state index < -0.39 is 11.6 Å². The van der Waals surface area contributed by atoms with Crippen LogP contribution in [0.15, 0.2) is 36.4 Å². The average molecular weight is 272 g/mol. The average Bonchev–Trinajstić information content (AvgIpc) is 2.41. The van der Waals surface area contributed by atoms with E-state index in [1.54, 1.807) is 18.2 Å². The van der Waals surface area contributed by atoms with Crippen molar-refractivity contribution in [3.8, 4) is 17.2 Å². The molecule has 0 spiro atoms. The smallest absolute Gasteiger partial charge is 0.168 e. The Hall–Kier alpha value is -2.49. The summed E-state index contributed by atoms with van der Waals surface area (Å²) in [4.78, 5) is 0. The third kappa shape index (κ3) is 1.99. The van der Waals surface area contributed by atoms with Gasteiger partial charge in [-0.25, -0.2) is 4.39 Å². The number of phenols is 2. The molecule has 0 fully saturated rings. The summed E-state index contributed by atoms with van der Waals surface area (Å²) in [6.07, 6.45) is 0. The molecule has 2 aromatic rings. The number of rotatable bonds is 1. The molecule has 20 heavy (non-hydrogen) atoms. The molecule has 0 radical (unpaired) electrons. The van der Waals surface area contributed by atoms with Crippen molar-refractivity contribution in [3.05, 3.63) is 53.3 Å². The van der Waals surface area contributed by atoms with Crippen LogP contribution in [0.3, 0.4) is 0 Å². The Labute approximate surface area is 115 Å². The monoisotopic (exact) mass is 272 g/mol. The summed E-state index contributed by atoms with van der Waals surface area (Å²) in [6.45, 7) is 2.19. The zero-order chi connectivity index (χ0) is 14.3. The molecule has 1 heterocycles. The maximum absolute atomic E-state index is 13.3. The Morgan fingerprint density at radius 1 is 1.15 bits per heavy atom. The number of phenolic OH excluding ortho intramolecular Hbond substituents is 2. The van der Waals surface area contributed by atoms with Gasteiger partial charge in [0.25, 0.3) is 0 Å². The van der Waals surface area contributed by atoms with Crippen molar-refractivity contribution < 1.29 is 19.3 Å². The molecule has 4 heteroatoms. The van der Waals surface area contributed by atoms with Crippen LogP contribution in [0.25, 0.3) is 11.1 Å². The van der Waals surface area contributed by atoms with E-state index in [2.05, 4.69) is 0 Å². The third-order valence-electron chi connectivity index (χ3n) is 3.47. The molecule has 0 amide bonds. The number of ether oxygens (including phenoxy) is 1.